The average Bonchev–Trinajstić information content (AvgIpc) is 3.43. The Morgan fingerprint density at radius 2 is 1.67 bits per heavy atom. The van der Waals surface area contributed by atoms with E-state index < -0.39 is 12.7 Å². The summed E-state index contributed by atoms with van der Waals surface area (Å²) in [6, 6.07) is 0.423. The lowest BCUT2D eigenvalue weighted by Gasteiger charge is -2.45. The van der Waals surface area contributed by atoms with Crippen LogP contribution < -0.4 is 10.7 Å². The van der Waals surface area contributed by atoms with Crippen LogP contribution in [0.5, 0.6) is 0 Å². The van der Waals surface area contributed by atoms with Crippen LogP contribution in [0, 0.1) is 17.8 Å². The van der Waals surface area contributed by atoms with E-state index in [0.717, 1.165) is 50.2 Å². The highest BCUT2D eigenvalue weighted by Gasteiger charge is 2.43. The topological polar surface area (TPSA) is 47.6 Å². The van der Waals surface area contributed by atoms with Gasteiger partial charge in [-0.25, -0.2) is 9.82 Å². The number of amides is 1. The first-order chi connectivity index (χ1) is 14.4. The van der Waals surface area contributed by atoms with Crippen LogP contribution in [0.4, 0.5) is 13.2 Å². The molecule has 4 aliphatic rings. The molecule has 0 radical (unpaired) electrons. The van der Waals surface area contributed by atoms with E-state index in [4.69, 9.17) is 0 Å². The molecule has 4 rings (SSSR count). The Morgan fingerprint density at radius 1 is 0.933 bits per heavy atom. The third kappa shape index (κ3) is 4.86. The zero-order valence-corrected chi connectivity index (χ0v) is 17.6. The van der Waals surface area contributed by atoms with Gasteiger partial charge in [0, 0.05) is 37.8 Å². The fourth-order valence-corrected chi connectivity index (χ4v) is 6.20. The lowest BCUT2D eigenvalue weighted by molar-refractivity contribution is -0.125. The van der Waals surface area contributed by atoms with E-state index >= 15 is 0 Å². The van der Waals surface area contributed by atoms with Gasteiger partial charge in [0.1, 0.15) is 6.17 Å². The van der Waals surface area contributed by atoms with Crippen molar-refractivity contribution in [2.75, 3.05) is 19.6 Å². The summed E-state index contributed by atoms with van der Waals surface area (Å²) in [5, 5.41) is 4.83. The van der Waals surface area contributed by atoms with Gasteiger partial charge in [-0.2, -0.15) is 13.8 Å². The molecule has 30 heavy (non-hydrogen) atoms. The monoisotopic (exact) mass is 428 g/mol. The summed E-state index contributed by atoms with van der Waals surface area (Å²) in [7, 11) is 0. The van der Waals surface area contributed by atoms with Crippen molar-refractivity contribution in [3.63, 3.8) is 0 Å². The summed E-state index contributed by atoms with van der Waals surface area (Å²) >= 11 is 0. The molecule has 3 heterocycles. The molecule has 0 spiro atoms. The van der Waals surface area contributed by atoms with Crippen LogP contribution in [0.3, 0.4) is 0 Å². The summed E-state index contributed by atoms with van der Waals surface area (Å²) in [5.41, 5.74) is 3.02. The van der Waals surface area contributed by atoms with Gasteiger partial charge in [-0.3, -0.25) is 4.79 Å². The number of rotatable bonds is 5. The molecule has 1 saturated carbocycles. The molecule has 5 nitrogen and oxygen atoms in total. The molecule has 0 aromatic rings. The molecule has 8 heteroatoms. The molecule has 1 aliphatic carbocycles. The Balaban J connectivity index is 1.44. The Kier molecular flexibility index (Phi) is 7.05. The van der Waals surface area contributed by atoms with E-state index in [-0.39, 0.29) is 18.0 Å². The van der Waals surface area contributed by atoms with Gasteiger partial charge in [0.2, 0.25) is 5.91 Å². The highest BCUT2D eigenvalue weighted by molar-refractivity contribution is 5.87. The van der Waals surface area contributed by atoms with Gasteiger partial charge in [-0.15, -0.1) is 0 Å². The van der Waals surface area contributed by atoms with Crippen molar-refractivity contribution in [2.24, 2.45) is 17.8 Å². The summed E-state index contributed by atoms with van der Waals surface area (Å²) in [6.45, 7) is 2.99. The van der Waals surface area contributed by atoms with Gasteiger partial charge in [0.05, 0.1) is 0 Å². The van der Waals surface area contributed by atoms with E-state index in [1.807, 2.05) is 4.90 Å². The maximum absolute atomic E-state index is 13.7. The number of nitrogens with one attached hydrogen (secondary N) is 2. The summed E-state index contributed by atoms with van der Waals surface area (Å²) < 4.78 is 39.9. The lowest BCUT2D eigenvalue weighted by Crippen LogP contribution is -2.58. The van der Waals surface area contributed by atoms with E-state index in [1.165, 1.54) is 6.08 Å². The third-order valence-electron chi connectivity index (χ3n) is 7.92. The van der Waals surface area contributed by atoms with Crippen LogP contribution in [-0.2, 0) is 4.79 Å². The minimum Gasteiger partial charge on any atom is -0.339 e. The number of alkyl halides is 3. The van der Waals surface area contributed by atoms with Crippen LogP contribution in [0.15, 0.2) is 12.7 Å². The number of piperidine rings is 1. The molecule has 3 saturated heterocycles. The number of likely N-dealkylation sites (tertiary alicyclic amines) is 1. The van der Waals surface area contributed by atoms with Crippen LogP contribution >= 0.6 is 0 Å². The first kappa shape index (κ1) is 22.1. The standard InChI is InChI=1S/C22H35F3N4O/c1-2-21(30)28-9-7-15(13-28)16-11-19(14-3-5-17(23)6-4-14)26-20(12-16)18-8-10-29(27-18)22(24)25/h2,14-20,22,26-27H,1,3-13H2. The maximum atomic E-state index is 13.7. The number of hydrazine groups is 1. The van der Waals surface area contributed by atoms with Crippen LogP contribution in [-0.4, -0.2) is 66.3 Å². The predicted molar refractivity (Wildman–Crippen MR) is 109 cm³/mol. The molecular formula is C22H35F3N4O. The van der Waals surface area contributed by atoms with Gasteiger partial charge < -0.3 is 10.2 Å². The molecule has 0 aromatic heterocycles. The normalized spacial score (nSPS) is 40.8. The van der Waals surface area contributed by atoms with Crippen molar-refractivity contribution < 1.29 is 18.0 Å². The minimum atomic E-state index is -2.49. The van der Waals surface area contributed by atoms with Gasteiger partial charge in [-0.1, -0.05) is 6.58 Å². The fourth-order valence-electron chi connectivity index (χ4n) is 6.20. The Labute approximate surface area is 177 Å². The Bertz CT molecular complexity index is 613. The number of hydrogen-bond acceptors (Lipinski definition) is 4. The molecule has 2 N–H and O–H groups in total. The van der Waals surface area contributed by atoms with Crippen molar-refractivity contribution in [1.82, 2.24) is 20.7 Å². The molecule has 3 aliphatic heterocycles. The second kappa shape index (κ2) is 9.57. The van der Waals surface area contributed by atoms with Gasteiger partial charge in [0.15, 0.2) is 0 Å². The van der Waals surface area contributed by atoms with E-state index in [1.54, 1.807) is 0 Å². The molecule has 1 amide bonds. The Hall–Kier alpha value is -1.12. The molecule has 0 aromatic carbocycles. The molecule has 170 valence electrons. The molecular weight excluding hydrogens is 393 g/mol. The summed E-state index contributed by atoms with van der Waals surface area (Å²) in [4.78, 5) is 13.9. The second-order valence-corrected chi connectivity index (χ2v) is 9.66. The summed E-state index contributed by atoms with van der Waals surface area (Å²) in [6.07, 6.45) is 7.40. The SMILES string of the molecule is C=CC(=O)N1CCC(C2CC(C3CCC(F)CC3)NC(C3CCN(C(F)F)N3)C2)C1. The highest BCUT2D eigenvalue weighted by Crippen LogP contribution is 2.40. The number of halogens is 3. The van der Waals surface area contributed by atoms with Crippen molar-refractivity contribution in [3.8, 4) is 0 Å². The number of nitrogens with zero attached hydrogens (tertiary/aromatic N) is 2. The van der Waals surface area contributed by atoms with Crippen molar-refractivity contribution in [2.45, 2.75) is 82.2 Å². The van der Waals surface area contributed by atoms with E-state index in [0.29, 0.717) is 49.6 Å². The van der Waals surface area contributed by atoms with Gasteiger partial charge in [-0.05, 0) is 75.2 Å². The zero-order chi connectivity index (χ0) is 21.3. The number of carbonyl (C=O) groups is 1. The predicted octanol–water partition coefficient (Wildman–Crippen LogP) is 3.09. The minimum absolute atomic E-state index is 0.00544. The average molecular weight is 429 g/mol. The van der Waals surface area contributed by atoms with Crippen molar-refractivity contribution in [1.29, 1.82) is 0 Å². The van der Waals surface area contributed by atoms with Crippen LogP contribution in [0.2, 0.25) is 0 Å². The fraction of sp³-hybridized carbons (Fsp3) is 0.864. The van der Waals surface area contributed by atoms with Crippen LogP contribution in [0.25, 0.3) is 0 Å². The second-order valence-electron chi connectivity index (χ2n) is 9.66. The summed E-state index contributed by atoms with van der Waals surface area (Å²) in [5.74, 6) is 1.33. The highest BCUT2D eigenvalue weighted by atomic mass is 19.3. The van der Waals surface area contributed by atoms with Crippen molar-refractivity contribution >= 4 is 5.91 Å². The van der Waals surface area contributed by atoms with E-state index in [9.17, 15) is 18.0 Å². The number of hydrogen-bond donors (Lipinski definition) is 2. The number of carbonyl (C=O) groups excluding carboxylic acids is 1. The molecule has 4 fully saturated rings. The first-order valence-electron chi connectivity index (χ1n) is 11.6. The molecule has 5 atom stereocenters. The van der Waals surface area contributed by atoms with Crippen molar-refractivity contribution in [3.05, 3.63) is 12.7 Å². The van der Waals surface area contributed by atoms with Gasteiger partial charge >= 0.3 is 6.55 Å². The lowest BCUT2D eigenvalue weighted by atomic mass is 9.71. The van der Waals surface area contributed by atoms with Crippen LogP contribution in [0.1, 0.15) is 51.4 Å². The van der Waals surface area contributed by atoms with E-state index in [2.05, 4.69) is 17.3 Å². The van der Waals surface area contributed by atoms with Gasteiger partial charge in [0.25, 0.3) is 0 Å². The zero-order valence-electron chi connectivity index (χ0n) is 17.6. The molecule has 5 unspecified atom stereocenters. The Morgan fingerprint density at radius 3 is 2.33 bits per heavy atom. The smallest absolute Gasteiger partial charge is 0.306 e. The quantitative estimate of drug-likeness (QED) is 0.522. The largest absolute Gasteiger partial charge is 0.339 e. The third-order valence-corrected chi connectivity index (χ3v) is 7.92. The first-order valence-corrected chi connectivity index (χ1v) is 11.6. The molecule has 0 bridgehead atoms. The maximum Gasteiger partial charge on any atom is 0.306 e.